The van der Waals surface area contributed by atoms with Crippen LogP contribution in [0.5, 0.6) is 17.2 Å². The molecule has 140 valence electrons. The fourth-order valence-electron chi connectivity index (χ4n) is 2.30. The second-order valence-electron chi connectivity index (χ2n) is 5.35. The molecule has 0 saturated heterocycles. The fraction of sp³-hybridized carbons (Fsp3) is 0.350. The molecule has 0 heterocycles. The van der Waals surface area contributed by atoms with Gasteiger partial charge in [-0.2, -0.15) is 0 Å². The van der Waals surface area contributed by atoms with E-state index in [-0.39, 0.29) is 0 Å². The van der Waals surface area contributed by atoms with Gasteiger partial charge in [0.2, 0.25) is 0 Å². The second-order valence-corrected chi connectivity index (χ2v) is 5.35. The molecule has 0 saturated carbocycles. The Kier molecular flexibility index (Phi) is 8.12. The van der Waals surface area contributed by atoms with Crippen molar-refractivity contribution in [2.24, 2.45) is 4.99 Å². The largest absolute Gasteiger partial charge is 0.493 e. The zero-order valence-corrected chi connectivity index (χ0v) is 15.6. The molecule has 0 bridgehead atoms. The zero-order valence-electron chi connectivity index (χ0n) is 15.6. The molecule has 0 fully saturated rings. The number of rotatable bonds is 9. The maximum atomic E-state index is 5.67. The lowest BCUT2D eigenvalue weighted by Gasteiger charge is -2.14. The van der Waals surface area contributed by atoms with Gasteiger partial charge in [0.1, 0.15) is 12.4 Å². The van der Waals surface area contributed by atoms with Crippen molar-refractivity contribution in [3.63, 3.8) is 0 Å². The smallest absolute Gasteiger partial charge is 0.195 e. The van der Waals surface area contributed by atoms with Gasteiger partial charge in [0.05, 0.1) is 20.3 Å². The molecule has 0 atom stereocenters. The first-order valence-electron chi connectivity index (χ1n) is 8.80. The number of ether oxygens (including phenoxy) is 3. The van der Waals surface area contributed by atoms with Gasteiger partial charge in [0.25, 0.3) is 0 Å². The van der Waals surface area contributed by atoms with Gasteiger partial charge in [-0.25, -0.2) is 4.99 Å². The normalized spacial score (nSPS) is 11.0. The van der Waals surface area contributed by atoms with E-state index >= 15 is 0 Å². The molecule has 0 radical (unpaired) electrons. The van der Waals surface area contributed by atoms with Crippen LogP contribution in [0.1, 0.15) is 13.8 Å². The number of guanidine groups is 1. The molecular formula is C20H27N3O3. The first-order valence-corrected chi connectivity index (χ1v) is 8.80. The summed E-state index contributed by atoms with van der Waals surface area (Å²) in [4.78, 5) is 4.54. The van der Waals surface area contributed by atoms with E-state index in [0.717, 1.165) is 18.0 Å². The summed E-state index contributed by atoms with van der Waals surface area (Å²) in [5.74, 6) is 2.94. The number of benzene rings is 2. The first-order chi connectivity index (χ1) is 12.8. The van der Waals surface area contributed by atoms with E-state index in [4.69, 9.17) is 14.2 Å². The van der Waals surface area contributed by atoms with Gasteiger partial charge < -0.3 is 24.8 Å². The number of nitrogens with one attached hydrogen (secondary N) is 2. The fourth-order valence-corrected chi connectivity index (χ4v) is 2.30. The van der Waals surface area contributed by atoms with E-state index in [1.807, 2.05) is 62.4 Å². The summed E-state index contributed by atoms with van der Waals surface area (Å²) in [5.41, 5.74) is 0.873. The molecule has 0 unspecified atom stereocenters. The Labute approximate surface area is 155 Å². The quantitative estimate of drug-likeness (QED) is 0.408. The van der Waals surface area contributed by atoms with E-state index in [9.17, 15) is 0 Å². The van der Waals surface area contributed by atoms with Crippen LogP contribution in [0.2, 0.25) is 0 Å². The van der Waals surface area contributed by atoms with E-state index in [1.54, 1.807) is 7.11 Å². The molecule has 0 amide bonds. The Morgan fingerprint density at radius 1 is 1.00 bits per heavy atom. The van der Waals surface area contributed by atoms with E-state index < -0.39 is 0 Å². The van der Waals surface area contributed by atoms with Crippen LogP contribution >= 0.6 is 0 Å². The number of methoxy groups -OCH3 is 1. The molecule has 6 heteroatoms. The summed E-state index contributed by atoms with van der Waals surface area (Å²) in [5, 5.41) is 6.50. The highest BCUT2D eigenvalue weighted by molar-refractivity contribution is 5.93. The standard InChI is InChI=1S/C20H27N3O3/c1-4-21-20(22-13-14-26-17-9-7-6-8-10-17)23-16-11-12-18(24-3)19(15-16)25-5-2/h6-12,15H,4-5,13-14H2,1-3H3,(H2,21,22,23). The van der Waals surface area contributed by atoms with Crippen molar-refractivity contribution < 1.29 is 14.2 Å². The Morgan fingerprint density at radius 2 is 1.81 bits per heavy atom. The van der Waals surface area contributed by atoms with Gasteiger partial charge in [-0.1, -0.05) is 18.2 Å². The summed E-state index contributed by atoms with van der Waals surface area (Å²) in [7, 11) is 1.63. The van der Waals surface area contributed by atoms with E-state index in [1.165, 1.54) is 0 Å². The van der Waals surface area contributed by atoms with Crippen LogP contribution in [0.25, 0.3) is 0 Å². The predicted octanol–water partition coefficient (Wildman–Crippen LogP) is 3.55. The van der Waals surface area contributed by atoms with Gasteiger partial charge in [-0.05, 0) is 38.1 Å². The third kappa shape index (κ3) is 6.20. The molecule has 0 aromatic heterocycles. The Bertz CT molecular complexity index is 690. The number of aliphatic imine (C=N–C) groups is 1. The van der Waals surface area contributed by atoms with E-state index in [0.29, 0.717) is 37.2 Å². The highest BCUT2D eigenvalue weighted by Crippen LogP contribution is 2.30. The van der Waals surface area contributed by atoms with Crippen molar-refractivity contribution in [3.05, 3.63) is 48.5 Å². The van der Waals surface area contributed by atoms with Crippen LogP contribution in [0.4, 0.5) is 5.69 Å². The maximum Gasteiger partial charge on any atom is 0.195 e. The van der Waals surface area contributed by atoms with Crippen LogP contribution in [-0.4, -0.2) is 39.4 Å². The van der Waals surface area contributed by atoms with Crippen LogP contribution in [-0.2, 0) is 0 Å². The van der Waals surface area contributed by atoms with Crippen LogP contribution in [0, 0.1) is 0 Å². The maximum absolute atomic E-state index is 5.67. The van der Waals surface area contributed by atoms with Crippen molar-refractivity contribution >= 4 is 11.6 Å². The Morgan fingerprint density at radius 3 is 2.50 bits per heavy atom. The van der Waals surface area contributed by atoms with Gasteiger partial charge in [-0.3, -0.25) is 0 Å². The van der Waals surface area contributed by atoms with Gasteiger partial charge >= 0.3 is 0 Å². The minimum absolute atomic E-state index is 0.507. The zero-order chi connectivity index (χ0) is 18.6. The highest BCUT2D eigenvalue weighted by atomic mass is 16.5. The van der Waals surface area contributed by atoms with Gasteiger partial charge in [0, 0.05) is 18.3 Å². The SMILES string of the molecule is CCNC(=NCCOc1ccccc1)Nc1ccc(OC)c(OCC)c1. The summed E-state index contributed by atoms with van der Waals surface area (Å²) in [6.07, 6.45) is 0. The number of hydrogen-bond acceptors (Lipinski definition) is 4. The molecule has 0 aliphatic rings. The van der Waals surface area contributed by atoms with E-state index in [2.05, 4.69) is 15.6 Å². The van der Waals surface area contributed by atoms with Crippen molar-refractivity contribution in [2.45, 2.75) is 13.8 Å². The number of anilines is 1. The molecule has 2 aromatic rings. The van der Waals surface area contributed by atoms with Crippen LogP contribution in [0.3, 0.4) is 0 Å². The van der Waals surface area contributed by atoms with Crippen molar-refractivity contribution in [2.75, 3.05) is 38.7 Å². The van der Waals surface area contributed by atoms with Crippen molar-refractivity contribution in [1.82, 2.24) is 5.32 Å². The second kappa shape index (κ2) is 10.9. The molecule has 26 heavy (non-hydrogen) atoms. The third-order valence-corrected chi connectivity index (χ3v) is 3.44. The lowest BCUT2D eigenvalue weighted by Crippen LogP contribution is -2.31. The topological polar surface area (TPSA) is 64.1 Å². The molecule has 2 N–H and O–H groups in total. The lowest BCUT2D eigenvalue weighted by atomic mass is 10.2. The summed E-state index contributed by atoms with van der Waals surface area (Å²) in [6, 6.07) is 15.4. The van der Waals surface area contributed by atoms with Gasteiger partial charge in [0.15, 0.2) is 17.5 Å². The minimum Gasteiger partial charge on any atom is -0.493 e. The minimum atomic E-state index is 0.507. The Hall–Kier alpha value is -2.89. The molecule has 2 rings (SSSR count). The molecule has 0 aliphatic heterocycles. The Balaban J connectivity index is 1.97. The van der Waals surface area contributed by atoms with Crippen LogP contribution < -0.4 is 24.8 Å². The summed E-state index contributed by atoms with van der Waals surface area (Å²) in [6.45, 7) is 6.35. The predicted molar refractivity (Wildman–Crippen MR) is 106 cm³/mol. The van der Waals surface area contributed by atoms with Crippen LogP contribution in [0.15, 0.2) is 53.5 Å². The number of hydrogen-bond donors (Lipinski definition) is 2. The third-order valence-electron chi connectivity index (χ3n) is 3.44. The summed E-state index contributed by atoms with van der Waals surface area (Å²) < 4.78 is 16.6. The first kappa shape index (κ1) is 19.4. The van der Waals surface area contributed by atoms with Crippen molar-refractivity contribution in [3.8, 4) is 17.2 Å². The molecule has 0 aliphatic carbocycles. The molecule has 0 spiro atoms. The van der Waals surface area contributed by atoms with Crippen molar-refractivity contribution in [1.29, 1.82) is 0 Å². The molecule has 6 nitrogen and oxygen atoms in total. The average molecular weight is 357 g/mol. The molecule has 2 aromatic carbocycles. The summed E-state index contributed by atoms with van der Waals surface area (Å²) >= 11 is 0. The molecular weight excluding hydrogens is 330 g/mol. The van der Waals surface area contributed by atoms with Gasteiger partial charge in [-0.15, -0.1) is 0 Å². The average Bonchev–Trinajstić information content (AvgIpc) is 2.67. The highest BCUT2D eigenvalue weighted by Gasteiger charge is 2.07. The number of nitrogens with zero attached hydrogens (tertiary/aromatic N) is 1. The lowest BCUT2D eigenvalue weighted by molar-refractivity contribution is 0.311. The number of para-hydroxylation sites is 1. The monoisotopic (exact) mass is 357 g/mol.